The van der Waals surface area contributed by atoms with Gasteiger partial charge in [0, 0.05) is 62.8 Å². The largest absolute Gasteiger partial charge is 0.367 e. The zero-order chi connectivity index (χ0) is 27.2. The van der Waals surface area contributed by atoms with Crippen molar-refractivity contribution in [2.45, 2.75) is 24.4 Å². The van der Waals surface area contributed by atoms with Crippen LogP contribution >= 0.6 is 23.4 Å². The molecule has 1 amide bonds. The predicted octanol–water partition coefficient (Wildman–Crippen LogP) is 6.33. The first-order chi connectivity index (χ1) is 19.0. The summed E-state index contributed by atoms with van der Waals surface area (Å²) in [6, 6.07) is 27.9. The van der Waals surface area contributed by atoms with E-state index >= 15 is 0 Å². The topological polar surface area (TPSA) is 52.6 Å². The van der Waals surface area contributed by atoms with Crippen molar-refractivity contribution >= 4 is 40.8 Å². The number of aromatic nitrogens is 2. The van der Waals surface area contributed by atoms with E-state index in [9.17, 15) is 4.79 Å². The molecule has 0 bridgehead atoms. The molecule has 0 saturated carbocycles. The van der Waals surface area contributed by atoms with E-state index in [1.54, 1.807) is 16.7 Å². The van der Waals surface area contributed by atoms with Crippen molar-refractivity contribution in [3.05, 3.63) is 112 Å². The Morgan fingerprint density at radius 1 is 0.872 bits per heavy atom. The van der Waals surface area contributed by atoms with Crippen molar-refractivity contribution in [3.63, 3.8) is 0 Å². The number of anilines is 2. The van der Waals surface area contributed by atoms with Crippen molar-refractivity contribution in [1.82, 2.24) is 14.9 Å². The molecule has 8 heteroatoms. The van der Waals surface area contributed by atoms with Gasteiger partial charge in [-0.1, -0.05) is 78.0 Å². The van der Waals surface area contributed by atoms with Gasteiger partial charge >= 0.3 is 0 Å². The lowest BCUT2D eigenvalue weighted by molar-refractivity contribution is 0.0785. The summed E-state index contributed by atoms with van der Waals surface area (Å²) in [6.07, 6.45) is 0. The summed E-state index contributed by atoms with van der Waals surface area (Å²) in [5.74, 6) is 1.65. The minimum absolute atomic E-state index is 0.00993. The number of piperazine rings is 1. The molecule has 1 aliphatic heterocycles. The number of hydrogen-bond acceptors (Lipinski definition) is 6. The molecule has 1 fully saturated rings. The van der Waals surface area contributed by atoms with Gasteiger partial charge in [0.05, 0.1) is 10.7 Å². The third-order valence-corrected chi connectivity index (χ3v) is 8.01. The van der Waals surface area contributed by atoms with Crippen LogP contribution in [0.1, 0.15) is 27.2 Å². The van der Waals surface area contributed by atoms with Crippen molar-refractivity contribution < 1.29 is 4.79 Å². The summed E-state index contributed by atoms with van der Waals surface area (Å²) in [7, 11) is 1.84. The number of carbonyl (C=O) groups excluding carboxylic acids is 1. The van der Waals surface area contributed by atoms with Gasteiger partial charge in [-0.25, -0.2) is 9.97 Å². The van der Waals surface area contributed by atoms with Crippen molar-refractivity contribution in [2.75, 3.05) is 43.0 Å². The fourth-order valence-corrected chi connectivity index (χ4v) is 5.83. The standard InChI is InChI=1S/C31H32ClN5OS/c1-23-19-29(37-17-15-36(16-18-37)28-14-7-6-13-27(28)32)34-31(33-23)39-22-25-11-8-12-26(20-25)30(38)35(2)21-24-9-4-3-5-10-24/h3-14,19-20H,15-18,21-22H2,1-2H3. The Morgan fingerprint density at radius 2 is 1.56 bits per heavy atom. The first-order valence-electron chi connectivity index (χ1n) is 13.1. The average Bonchev–Trinajstić information content (AvgIpc) is 2.96. The Bertz CT molecular complexity index is 1430. The molecule has 6 nitrogen and oxygen atoms in total. The van der Waals surface area contributed by atoms with Crippen LogP contribution in [-0.2, 0) is 12.3 Å². The zero-order valence-corrected chi connectivity index (χ0v) is 23.8. The third-order valence-electron chi connectivity index (χ3n) is 6.77. The maximum Gasteiger partial charge on any atom is 0.253 e. The fourth-order valence-electron chi connectivity index (χ4n) is 4.73. The van der Waals surface area contributed by atoms with E-state index in [2.05, 4.69) is 26.9 Å². The number of carbonyl (C=O) groups is 1. The molecule has 5 rings (SSSR count). The highest BCUT2D eigenvalue weighted by Crippen LogP contribution is 2.28. The number of aryl methyl sites for hydroxylation is 1. The lowest BCUT2D eigenvalue weighted by Gasteiger charge is -2.37. The maximum atomic E-state index is 13.1. The van der Waals surface area contributed by atoms with Crippen LogP contribution in [0.25, 0.3) is 0 Å². The highest BCUT2D eigenvalue weighted by molar-refractivity contribution is 7.98. The van der Waals surface area contributed by atoms with Crippen LogP contribution in [0.2, 0.25) is 5.02 Å². The summed E-state index contributed by atoms with van der Waals surface area (Å²) in [5, 5.41) is 1.53. The van der Waals surface area contributed by atoms with Crippen LogP contribution in [0.4, 0.5) is 11.5 Å². The van der Waals surface area contributed by atoms with Crippen LogP contribution in [0.3, 0.4) is 0 Å². The fraction of sp³-hybridized carbons (Fsp3) is 0.258. The van der Waals surface area contributed by atoms with E-state index in [-0.39, 0.29) is 5.91 Å². The number of halogens is 1. The Balaban J connectivity index is 1.20. The van der Waals surface area contributed by atoms with Crippen LogP contribution < -0.4 is 9.80 Å². The van der Waals surface area contributed by atoms with Crippen molar-refractivity contribution in [2.24, 2.45) is 0 Å². The third kappa shape index (κ3) is 6.91. The van der Waals surface area contributed by atoms with Gasteiger partial charge in [-0.2, -0.15) is 0 Å². The van der Waals surface area contributed by atoms with Crippen LogP contribution in [0, 0.1) is 6.92 Å². The molecular formula is C31H32ClN5OS. The second kappa shape index (κ2) is 12.5. The van der Waals surface area contributed by atoms with Gasteiger partial charge in [0.15, 0.2) is 5.16 Å². The summed E-state index contributed by atoms with van der Waals surface area (Å²) < 4.78 is 0. The molecule has 1 aromatic heterocycles. The van der Waals surface area contributed by atoms with Crippen LogP contribution in [-0.4, -0.2) is 54.0 Å². The molecule has 1 saturated heterocycles. The summed E-state index contributed by atoms with van der Waals surface area (Å²) >= 11 is 8.01. The molecule has 0 atom stereocenters. The lowest BCUT2D eigenvalue weighted by Crippen LogP contribution is -2.47. The minimum Gasteiger partial charge on any atom is -0.367 e. The number of nitrogens with zero attached hydrogens (tertiary/aromatic N) is 5. The number of benzene rings is 3. The molecule has 200 valence electrons. The molecule has 1 aliphatic rings. The second-order valence-corrected chi connectivity index (χ2v) is 11.1. The van der Waals surface area contributed by atoms with Gasteiger partial charge in [0.25, 0.3) is 5.91 Å². The van der Waals surface area contributed by atoms with Crippen molar-refractivity contribution in [3.8, 4) is 0 Å². The van der Waals surface area contributed by atoms with Crippen LogP contribution in [0.5, 0.6) is 0 Å². The molecular weight excluding hydrogens is 526 g/mol. The molecule has 3 aromatic carbocycles. The van der Waals surface area contributed by atoms with Crippen molar-refractivity contribution in [1.29, 1.82) is 0 Å². The zero-order valence-electron chi connectivity index (χ0n) is 22.3. The molecule has 0 radical (unpaired) electrons. The molecule has 4 aromatic rings. The Kier molecular flexibility index (Phi) is 8.69. The number of rotatable bonds is 8. The normalized spacial score (nSPS) is 13.4. The maximum absolute atomic E-state index is 13.1. The van der Waals surface area contributed by atoms with Gasteiger partial charge in [-0.05, 0) is 42.3 Å². The van der Waals surface area contributed by atoms with E-state index in [4.69, 9.17) is 16.6 Å². The predicted molar refractivity (Wildman–Crippen MR) is 161 cm³/mol. The van der Waals surface area contributed by atoms with Gasteiger partial charge in [-0.3, -0.25) is 4.79 Å². The quantitative estimate of drug-likeness (QED) is 0.186. The molecule has 0 unspecified atom stereocenters. The van der Waals surface area contributed by atoms with Gasteiger partial charge in [0.2, 0.25) is 0 Å². The first-order valence-corrected chi connectivity index (χ1v) is 14.4. The molecule has 0 N–H and O–H groups in total. The molecule has 0 aliphatic carbocycles. The smallest absolute Gasteiger partial charge is 0.253 e. The molecule has 0 spiro atoms. The lowest BCUT2D eigenvalue weighted by atomic mass is 10.1. The second-order valence-electron chi connectivity index (χ2n) is 9.71. The van der Waals surface area contributed by atoms with E-state index in [0.29, 0.717) is 17.9 Å². The van der Waals surface area contributed by atoms with Gasteiger partial charge < -0.3 is 14.7 Å². The Hall–Kier alpha value is -3.55. The number of amides is 1. The average molecular weight is 558 g/mol. The minimum atomic E-state index is 0.00993. The highest BCUT2D eigenvalue weighted by Gasteiger charge is 2.21. The van der Waals surface area contributed by atoms with E-state index < -0.39 is 0 Å². The molecule has 2 heterocycles. The summed E-state index contributed by atoms with van der Waals surface area (Å²) in [6.45, 7) is 6.09. The first kappa shape index (κ1) is 27.0. The van der Waals surface area contributed by atoms with Gasteiger partial charge in [-0.15, -0.1) is 0 Å². The SMILES string of the molecule is Cc1cc(N2CCN(c3ccccc3Cl)CC2)nc(SCc2cccc(C(=O)N(C)Cc3ccccc3)c2)n1. The molecule has 39 heavy (non-hydrogen) atoms. The highest BCUT2D eigenvalue weighted by atomic mass is 35.5. The monoisotopic (exact) mass is 557 g/mol. The summed E-state index contributed by atoms with van der Waals surface area (Å²) in [5.41, 5.74) is 4.90. The van der Waals surface area contributed by atoms with Crippen LogP contribution in [0.15, 0.2) is 90.1 Å². The van der Waals surface area contributed by atoms with Gasteiger partial charge in [0.1, 0.15) is 5.82 Å². The number of thioether (sulfide) groups is 1. The number of para-hydroxylation sites is 1. The van der Waals surface area contributed by atoms with E-state index in [1.165, 1.54) is 0 Å². The summed E-state index contributed by atoms with van der Waals surface area (Å²) in [4.78, 5) is 29.0. The number of hydrogen-bond donors (Lipinski definition) is 0. The Labute approximate surface area is 239 Å². The van der Waals surface area contributed by atoms with E-state index in [0.717, 1.165) is 64.7 Å². The Morgan fingerprint density at radius 3 is 2.33 bits per heavy atom. The van der Waals surface area contributed by atoms with E-state index in [1.807, 2.05) is 86.8 Å².